The molecule has 0 atom stereocenters. The average molecular weight is 479 g/mol. The quantitative estimate of drug-likeness (QED) is 0.345. The average Bonchev–Trinajstić information content (AvgIpc) is 2.68. The monoisotopic (exact) mass is 477 g/mol. The Bertz CT molecular complexity index is 1020. The minimum absolute atomic E-state index is 0.337. The second-order valence-corrected chi connectivity index (χ2v) is 7.77. The Kier molecular flexibility index (Phi) is 7.00. The van der Waals surface area contributed by atoms with Gasteiger partial charge in [-0.2, -0.15) is 0 Å². The fourth-order valence-electron chi connectivity index (χ4n) is 2.53. The first-order chi connectivity index (χ1) is 13.5. The van der Waals surface area contributed by atoms with E-state index in [-0.39, 0.29) is 0 Å². The van der Waals surface area contributed by atoms with Gasteiger partial charge in [0.25, 0.3) is 0 Å². The van der Waals surface area contributed by atoms with Crippen molar-refractivity contribution in [2.45, 2.75) is 13.5 Å². The van der Waals surface area contributed by atoms with E-state index >= 15 is 0 Å². The third-order valence-corrected chi connectivity index (χ3v) is 5.46. The van der Waals surface area contributed by atoms with Crippen LogP contribution in [0.25, 0.3) is 0 Å². The van der Waals surface area contributed by atoms with Crippen LogP contribution >= 0.6 is 39.1 Å². The molecular weight excluding hydrogens is 461 g/mol. The van der Waals surface area contributed by atoms with Gasteiger partial charge in [0, 0.05) is 21.8 Å². The SMILES string of the molecule is COc1cc(C=Nc2ccc(C)c(Cl)c2)cc(Br)c1OCc1ccccc1Cl. The standard InChI is InChI=1S/C22H18BrCl2NO2/c1-14-7-8-17(11-20(14)25)26-12-15-9-18(23)22(21(10-15)27-2)28-13-16-5-3-4-6-19(16)24/h3-12H,13H2,1-2H3. The van der Waals surface area contributed by atoms with Crippen LogP contribution in [0, 0.1) is 6.92 Å². The third kappa shape index (κ3) is 5.07. The zero-order chi connectivity index (χ0) is 20.1. The molecule has 0 amide bonds. The largest absolute Gasteiger partial charge is 0.493 e. The molecule has 0 aromatic heterocycles. The van der Waals surface area contributed by atoms with Gasteiger partial charge in [0.15, 0.2) is 11.5 Å². The zero-order valence-electron chi connectivity index (χ0n) is 15.4. The van der Waals surface area contributed by atoms with Gasteiger partial charge < -0.3 is 9.47 Å². The van der Waals surface area contributed by atoms with E-state index in [2.05, 4.69) is 20.9 Å². The Morgan fingerprint density at radius 2 is 1.82 bits per heavy atom. The van der Waals surface area contributed by atoms with Gasteiger partial charge in [-0.3, -0.25) is 4.99 Å². The maximum atomic E-state index is 6.20. The fourth-order valence-corrected chi connectivity index (χ4v) is 3.47. The normalized spacial score (nSPS) is 11.0. The molecule has 3 nitrogen and oxygen atoms in total. The van der Waals surface area contributed by atoms with E-state index in [1.54, 1.807) is 13.3 Å². The summed E-state index contributed by atoms with van der Waals surface area (Å²) in [6.45, 7) is 2.29. The molecule has 0 aliphatic heterocycles. The zero-order valence-corrected chi connectivity index (χ0v) is 18.5. The Morgan fingerprint density at radius 3 is 2.54 bits per heavy atom. The van der Waals surface area contributed by atoms with Crippen molar-refractivity contribution in [2.24, 2.45) is 4.99 Å². The number of aliphatic imine (C=N–C) groups is 1. The molecule has 0 heterocycles. The van der Waals surface area contributed by atoms with E-state index in [4.69, 9.17) is 32.7 Å². The van der Waals surface area contributed by atoms with Gasteiger partial charge in [0.05, 0.1) is 17.3 Å². The van der Waals surface area contributed by atoms with Gasteiger partial charge in [-0.1, -0.05) is 47.5 Å². The van der Waals surface area contributed by atoms with Crippen LogP contribution in [0.4, 0.5) is 5.69 Å². The first-order valence-electron chi connectivity index (χ1n) is 8.52. The van der Waals surface area contributed by atoms with E-state index in [0.717, 1.165) is 26.9 Å². The van der Waals surface area contributed by atoms with Crippen molar-refractivity contribution in [2.75, 3.05) is 7.11 Å². The summed E-state index contributed by atoms with van der Waals surface area (Å²) in [4.78, 5) is 4.49. The number of methoxy groups -OCH3 is 1. The molecule has 0 N–H and O–H groups in total. The van der Waals surface area contributed by atoms with E-state index in [1.165, 1.54) is 0 Å². The van der Waals surface area contributed by atoms with Crippen LogP contribution in [0.15, 0.2) is 64.1 Å². The van der Waals surface area contributed by atoms with Gasteiger partial charge >= 0.3 is 0 Å². The summed E-state index contributed by atoms with van der Waals surface area (Å²) in [6.07, 6.45) is 1.76. The van der Waals surface area contributed by atoms with Crippen LogP contribution in [0.3, 0.4) is 0 Å². The molecule has 0 aliphatic rings. The van der Waals surface area contributed by atoms with Gasteiger partial charge in [0.2, 0.25) is 0 Å². The molecule has 0 aliphatic carbocycles. The van der Waals surface area contributed by atoms with Crippen molar-refractivity contribution >= 4 is 51.0 Å². The summed E-state index contributed by atoms with van der Waals surface area (Å²) >= 11 is 15.9. The first kappa shape index (κ1) is 20.7. The number of nitrogens with zero attached hydrogens (tertiary/aromatic N) is 1. The highest BCUT2D eigenvalue weighted by Gasteiger charge is 2.12. The van der Waals surface area contributed by atoms with Crippen molar-refractivity contribution in [3.63, 3.8) is 0 Å². The van der Waals surface area contributed by atoms with Crippen molar-refractivity contribution in [1.82, 2.24) is 0 Å². The molecule has 6 heteroatoms. The number of aryl methyl sites for hydroxylation is 1. The van der Waals surface area contributed by atoms with E-state index in [9.17, 15) is 0 Å². The maximum Gasteiger partial charge on any atom is 0.175 e. The molecule has 0 bridgehead atoms. The number of hydrogen-bond donors (Lipinski definition) is 0. The topological polar surface area (TPSA) is 30.8 Å². The third-order valence-electron chi connectivity index (χ3n) is 4.10. The lowest BCUT2D eigenvalue weighted by Gasteiger charge is -2.14. The minimum atomic E-state index is 0.337. The van der Waals surface area contributed by atoms with Crippen molar-refractivity contribution in [1.29, 1.82) is 0 Å². The Morgan fingerprint density at radius 1 is 1.04 bits per heavy atom. The minimum Gasteiger partial charge on any atom is -0.493 e. The van der Waals surface area contributed by atoms with Crippen molar-refractivity contribution in [3.8, 4) is 11.5 Å². The highest BCUT2D eigenvalue weighted by molar-refractivity contribution is 9.10. The molecule has 0 radical (unpaired) electrons. The van der Waals surface area contributed by atoms with E-state index < -0.39 is 0 Å². The predicted octanol–water partition coefficient (Wildman–Crippen LogP) is 7.40. The van der Waals surface area contributed by atoms with Gasteiger partial charge in [-0.25, -0.2) is 0 Å². The number of hydrogen-bond acceptors (Lipinski definition) is 3. The van der Waals surface area contributed by atoms with Gasteiger partial charge in [0.1, 0.15) is 6.61 Å². The molecule has 0 unspecified atom stereocenters. The molecule has 144 valence electrons. The molecule has 3 aromatic rings. The lowest BCUT2D eigenvalue weighted by molar-refractivity contribution is 0.282. The molecule has 28 heavy (non-hydrogen) atoms. The van der Waals surface area contributed by atoms with Gasteiger partial charge in [-0.05, 0) is 64.3 Å². The Labute approximate surface area is 183 Å². The maximum absolute atomic E-state index is 6.20. The highest BCUT2D eigenvalue weighted by Crippen LogP contribution is 2.37. The lowest BCUT2D eigenvalue weighted by atomic mass is 10.2. The molecule has 0 saturated heterocycles. The summed E-state index contributed by atoms with van der Waals surface area (Å²) in [7, 11) is 1.60. The van der Waals surface area contributed by atoms with Crippen molar-refractivity contribution < 1.29 is 9.47 Å². The Hall–Kier alpha value is -2.01. The summed E-state index contributed by atoms with van der Waals surface area (Å²) < 4.78 is 12.2. The molecule has 0 saturated carbocycles. The van der Waals surface area contributed by atoms with Crippen LogP contribution in [0.5, 0.6) is 11.5 Å². The lowest BCUT2D eigenvalue weighted by Crippen LogP contribution is -2.00. The van der Waals surface area contributed by atoms with Crippen LogP contribution in [0.2, 0.25) is 10.0 Å². The predicted molar refractivity (Wildman–Crippen MR) is 120 cm³/mol. The second-order valence-electron chi connectivity index (χ2n) is 6.11. The van der Waals surface area contributed by atoms with Crippen molar-refractivity contribution in [3.05, 3.63) is 85.8 Å². The molecule has 0 fully saturated rings. The van der Waals surface area contributed by atoms with Crippen LogP contribution in [0.1, 0.15) is 16.7 Å². The van der Waals surface area contributed by atoms with E-state index in [1.807, 2.05) is 61.5 Å². The number of ether oxygens (including phenoxy) is 2. The molecule has 0 spiro atoms. The van der Waals surface area contributed by atoms with Crippen LogP contribution in [-0.2, 0) is 6.61 Å². The molecule has 3 rings (SSSR count). The molecule has 3 aromatic carbocycles. The smallest absolute Gasteiger partial charge is 0.175 e. The van der Waals surface area contributed by atoms with Gasteiger partial charge in [-0.15, -0.1) is 0 Å². The van der Waals surface area contributed by atoms with Crippen LogP contribution < -0.4 is 9.47 Å². The van der Waals surface area contributed by atoms with Crippen LogP contribution in [-0.4, -0.2) is 13.3 Å². The first-order valence-corrected chi connectivity index (χ1v) is 10.1. The number of rotatable bonds is 6. The number of benzene rings is 3. The second kappa shape index (κ2) is 9.46. The summed E-state index contributed by atoms with van der Waals surface area (Å²) in [5.41, 5.74) is 3.57. The molecular formula is C22H18BrCl2NO2. The Balaban J connectivity index is 1.81. The highest BCUT2D eigenvalue weighted by atomic mass is 79.9. The fraction of sp³-hybridized carbons (Fsp3) is 0.136. The number of halogens is 3. The summed E-state index contributed by atoms with van der Waals surface area (Å²) in [6, 6.07) is 17.1. The van der Waals surface area contributed by atoms with E-state index in [0.29, 0.717) is 28.2 Å². The summed E-state index contributed by atoms with van der Waals surface area (Å²) in [5.74, 6) is 1.21. The summed E-state index contributed by atoms with van der Waals surface area (Å²) in [5, 5.41) is 1.36.